The summed E-state index contributed by atoms with van der Waals surface area (Å²) in [6, 6.07) is 0. The maximum Gasteiger partial charge on any atom is 0.306 e. The summed E-state index contributed by atoms with van der Waals surface area (Å²) in [5.41, 5.74) is 5.12. The fraction of sp³-hybridized carbons (Fsp3) is 0.636. The van der Waals surface area contributed by atoms with Gasteiger partial charge in [0.05, 0.1) is 13.5 Å². The Hall–Kier alpha value is -0.940. The van der Waals surface area contributed by atoms with Crippen LogP contribution in [-0.4, -0.2) is 23.6 Å². The van der Waals surface area contributed by atoms with E-state index in [2.05, 4.69) is 4.98 Å². The summed E-state index contributed by atoms with van der Waals surface area (Å²) in [5, 5.41) is 2.75. The number of aromatic nitrogens is 1. The van der Waals surface area contributed by atoms with Crippen molar-refractivity contribution in [2.75, 3.05) is 7.11 Å². The molecule has 0 amide bonds. The standard InChI is InChI=1S/C11H18N2O2S/c1-10(2,12)11(3,7-8(14)15-4)9-13-5-6-16-9/h5-6H,7,12H2,1-4H3. The van der Waals surface area contributed by atoms with Crippen LogP contribution < -0.4 is 5.73 Å². The van der Waals surface area contributed by atoms with E-state index in [1.165, 1.54) is 18.4 Å². The normalized spacial score (nSPS) is 15.6. The summed E-state index contributed by atoms with van der Waals surface area (Å²) in [6.07, 6.45) is 1.96. The molecule has 1 aromatic heterocycles. The second-order valence-corrected chi connectivity index (χ2v) is 5.54. The van der Waals surface area contributed by atoms with Crippen LogP contribution in [0.2, 0.25) is 0 Å². The van der Waals surface area contributed by atoms with Crippen molar-refractivity contribution in [3.8, 4) is 0 Å². The van der Waals surface area contributed by atoms with Gasteiger partial charge in [-0.2, -0.15) is 0 Å². The van der Waals surface area contributed by atoms with E-state index in [-0.39, 0.29) is 12.4 Å². The van der Waals surface area contributed by atoms with Gasteiger partial charge in [0, 0.05) is 22.5 Å². The average Bonchev–Trinajstić information content (AvgIpc) is 2.68. The van der Waals surface area contributed by atoms with Gasteiger partial charge in [-0.1, -0.05) is 6.92 Å². The lowest BCUT2D eigenvalue weighted by atomic mass is 9.71. The number of nitrogens with two attached hydrogens (primary N) is 1. The lowest BCUT2D eigenvalue weighted by Crippen LogP contribution is -2.53. The number of thiazole rings is 1. The zero-order valence-corrected chi connectivity index (χ0v) is 10.9. The first-order valence-corrected chi connectivity index (χ1v) is 5.95. The van der Waals surface area contributed by atoms with Crippen LogP contribution in [0.25, 0.3) is 0 Å². The largest absolute Gasteiger partial charge is 0.469 e. The highest BCUT2D eigenvalue weighted by atomic mass is 32.1. The molecule has 0 bridgehead atoms. The Morgan fingerprint density at radius 2 is 2.19 bits per heavy atom. The summed E-state index contributed by atoms with van der Waals surface area (Å²) in [6.45, 7) is 5.75. The summed E-state index contributed by atoms with van der Waals surface area (Å²) in [7, 11) is 1.38. The highest BCUT2D eigenvalue weighted by molar-refractivity contribution is 7.09. The van der Waals surface area contributed by atoms with Gasteiger partial charge >= 0.3 is 5.97 Å². The third kappa shape index (κ3) is 2.41. The number of nitrogens with zero attached hydrogens (tertiary/aromatic N) is 1. The van der Waals surface area contributed by atoms with Crippen LogP contribution in [-0.2, 0) is 14.9 Å². The molecule has 1 unspecified atom stereocenters. The van der Waals surface area contributed by atoms with E-state index in [1.807, 2.05) is 26.2 Å². The Bertz CT molecular complexity index is 357. The van der Waals surface area contributed by atoms with Gasteiger partial charge in [0.1, 0.15) is 5.01 Å². The van der Waals surface area contributed by atoms with Crippen LogP contribution >= 0.6 is 11.3 Å². The van der Waals surface area contributed by atoms with Crippen LogP contribution in [0, 0.1) is 0 Å². The fourth-order valence-corrected chi connectivity index (χ4v) is 2.40. The smallest absolute Gasteiger partial charge is 0.306 e. The van der Waals surface area contributed by atoms with Gasteiger partial charge in [0.15, 0.2) is 0 Å². The minimum atomic E-state index is -0.543. The molecule has 0 radical (unpaired) electrons. The van der Waals surface area contributed by atoms with Crippen molar-refractivity contribution >= 4 is 17.3 Å². The number of carbonyl (C=O) groups excluding carboxylic acids is 1. The topological polar surface area (TPSA) is 65.2 Å². The van der Waals surface area contributed by atoms with Gasteiger partial charge in [0.2, 0.25) is 0 Å². The molecule has 0 aliphatic heterocycles. The molecule has 1 aromatic rings. The number of rotatable bonds is 4. The van der Waals surface area contributed by atoms with E-state index in [4.69, 9.17) is 10.5 Å². The van der Waals surface area contributed by atoms with E-state index >= 15 is 0 Å². The Morgan fingerprint density at radius 3 is 2.56 bits per heavy atom. The molecular weight excluding hydrogens is 224 g/mol. The third-order valence-corrected chi connectivity index (χ3v) is 4.09. The fourth-order valence-electron chi connectivity index (χ4n) is 1.44. The summed E-state index contributed by atoms with van der Waals surface area (Å²) in [4.78, 5) is 15.7. The van der Waals surface area contributed by atoms with Crippen LogP contribution in [0.4, 0.5) is 0 Å². The minimum Gasteiger partial charge on any atom is -0.469 e. The second kappa shape index (κ2) is 4.51. The van der Waals surface area contributed by atoms with Crippen molar-refractivity contribution in [3.63, 3.8) is 0 Å². The Labute approximate surface area is 99.8 Å². The summed E-state index contributed by atoms with van der Waals surface area (Å²) < 4.78 is 4.72. The number of ether oxygens (including phenoxy) is 1. The van der Waals surface area contributed by atoms with Gasteiger partial charge in [-0.25, -0.2) is 4.98 Å². The van der Waals surface area contributed by atoms with Gasteiger partial charge < -0.3 is 10.5 Å². The van der Waals surface area contributed by atoms with Gasteiger partial charge in [-0.15, -0.1) is 11.3 Å². The van der Waals surface area contributed by atoms with Crippen molar-refractivity contribution in [1.82, 2.24) is 4.98 Å². The average molecular weight is 242 g/mol. The van der Waals surface area contributed by atoms with E-state index in [0.717, 1.165) is 5.01 Å². The number of methoxy groups -OCH3 is 1. The Kier molecular flexibility index (Phi) is 3.70. The number of hydrogen-bond donors (Lipinski definition) is 1. The van der Waals surface area contributed by atoms with E-state index in [0.29, 0.717) is 0 Å². The molecule has 0 saturated heterocycles. The van der Waals surface area contributed by atoms with Gasteiger partial charge in [-0.05, 0) is 13.8 Å². The number of carbonyl (C=O) groups is 1. The Morgan fingerprint density at radius 1 is 1.56 bits per heavy atom. The first-order chi connectivity index (χ1) is 7.31. The molecular formula is C11H18N2O2S. The maximum absolute atomic E-state index is 11.5. The molecule has 0 aromatic carbocycles. The molecule has 0 aliphatic rings. The molecule has 0 spiro atoms. The summed E-state index contributed by atoms with van der Waals surface area (Å²) in [5.74, 6) is -0.267. The monoisotopic (exact) mass is 242 g/mol. The van der Waals surface area contributed by atoms with E-state index < -0.39 is 11.0 Å². The number of hydrogen-bond acceptors (Lipinski definition) is 5. The molecule has 5 heteroatoms. The molecule has 2 N–H and O–H groups in total. The molecule has 4 nitrogen and oxygen atoms in total. The first kappa shape index (κ1) is 13.1. The molecule has 0 fully saturated rings. The second-order valence-electron chi connectivity index (χ2n) is 4.64. The van der Waals surface area contributed by atoms with Crippen LogP contribution in [0.5, 0.6) is 0 Å². The minimum absolute atomic E-state index is 0.237. The Balaban J connectivity index is 3.09. The molecule has 1 atom stereocenters. The van der Waals surface area contributed by atoms with Gasteiger partial charge in [0.25, 0.3) is 0 Å². The lowest BCUT2D eigenvalue weighted by Gasteiger charge is -2.39. The zero-order chi connectivity index (χ0) is 12.4. The first-order valence-electron chi connectivity index (χ1n) is 5.07. The van der Waals surface area contributed by atoms with Crippen molar-refractivity contribution in [1.29, 1.82) is 0 Å². The molecule has 0 saturated carbocycles. The molecule has 16 heavy (non-hydrogen) atoms. The molecule has 90 valence electrons. The quantitative estimate of drug-likeness (QED) is 0.816. The van der Waals surface area contributed by atoms with Crippen LogP contribution in [0.1, 0.15) is 32.2 Å². The highest BCUT2D eigenvalue weighted by Crippen LogP contribution is 2.38. The van der Waals surface area contributed by atoms with E-state index in [1.54, 1.807) is 6.20 Å². The zero-order valence-electron chi connectivity index (χ0n) is 10.1. The van der Waals surface area contributed by atoms with Crippen molar-refractivity contribution < 1.29 is 9.53 Å². The van der Waals surface area contributed by atoms with Crippen molar-refractivity contribution in [2.45, 2.75) is 38.1 Å². The SMILES string of the molecule is COC(=O)CC(C)(c1nccs1)C(C)(C)N. The van der Waals surface area contributed by atoms with Gasteiger partial charge in [-0.3, -0.25) is 4.79 Å². The molecule has 0 aliphatic carbocycles. The number of esters is 1. The maximum atomic E-state index is 11.5. The predicted molar refractivity (Wildman–Crippen MR) is 64.4 cm³/mol. The third-order valence-electron chi connectivity index (χ3n) is 3.05. The lowest BCUT2D eigenvalue weighted by molar-refractivity contribution is -0.142. The molecule has 1 heterocycles. The van der Waals surface area contributed by atoms with Crippen molar-refractivity contribution in [2.24, 2.45) is 5.73 Å². The van der Waals surface area contributed by atoms with Crippen molar-refractivity contribution in [3.05, 3.63) is 16.6 Å². The summed E-state index contributed by atoms with van der Waals surface area (Å²) >= 11 is 1.51. The predicted octanol–water partition coefficient (Wildman–Crippen LogP) is 1.70. The van der Waals surface area contributed by atoms with Crippen LogP contribution in [0.15, 0.2) is 11.6 Å². The highest BCUT2D eigenvalue weighted by Gasteiger charge is 2.43. The van der Waals surface area contributed by atoms with E-state index in [9.17, 15) is 4.79 Å². The molecule has 1 rings (SSSR count). The van der Waals surface area contributed by atoms with Crippen LogP contribution in [0.3, 0.4) is 0 Å².